The second-order valence-electron chi connectivity index (χ2n) is 5.33. The summed E-state index contributed by atoms with van der Waals surface area (Å²) >= 11 is 0. The van der Waals surface area contributed by atoms with Crippen LogP contribution in [0.5, 0.6) is 0 Å². The zero-order valence-electron chi connectivity index (χ0n) is 13.2. The van der Waals surface area contributed by atoms with Gasteiger partial charge < -0.3 is 15.4 Å². The molecule has 1 heterocycles. The topological polar surface area (TPSA) is 45.7 Å². The minimum atomic E-state index is 0.330. The van der Waals surface area contributed by atoms with Crippen molar-refractivity contribution < 1.29 is 4.74 Å². The van der Waals surface area contributed by atoms with Gasteiger partial charge in [-0.3, -0.25) is 0 Å². The molecule has 1 unspecified atom stereocenters. The summed E-state index contributed by atoms with van der Waals surface area (Å²) in [7, 11) is 0. The summed E-state index contributed by atoms with van der Waals surface area (Å²) in [5, 5.41) is 6.68. The van der Waals surface area contributed by atoms with Crippen molar-refractivity contribution in [3.05, 3.63) is 35.4 Å². The van der Waals surface area contributed by atoms with Gasteiger partial charge >= 0.3 is 0 Å². The van der Waals surface area contributed by atoms with Crippen molar-refractivity contribution in [3.63, 3.8) is 0 Å². The van der Waals surface area contributed by atoms with Gasteiger partial charge in [0.15, 0.2) is 5.96 Å². The Balaban J connectivity index is 1.92. The Bertz CT molecular complexity index is 453. The van der Waals surface area contributed by atoms with Crippen LogP contribution in [0, 0.1) is 0 Å². The van der Waals surface area contributed by atoms with Crippen molar-refractivity contribution >= 4 is 5.96 Å². The Morgan fingerprint density at radius 2 is 2.05 bits per heavy atom. The third-order valence-corrected chi connectivity index (χ3v) is 3.77. The van der Waals surface area contributed by atoms with E-state index in [1.165, 1.54) is 17.5 Å². The van der Waals surface area contributed by atoms with E-state index in [2.05, 4.69) is 48.7 Å². The number of rotatable bonds is 6. The van der Waals surface area contributed by atoms with Crippen molar-refractivity contribution in [1.29, 1.82) is 0 Å². The molecule has 1 aliphatic heterocycles. The number of hydrogen-bond acceptors (Lipinski definition) is 2. The predicted octanol–water partition coefficient (Wildman–Crippen LogP) is 2.48. The fraction of sp³-hybridized carbons (Fsp3) is 0.588. The molecule has 0 amide bonds. The standard InChI is InChI=1S/C17H27N3O/c1-3-14-8-5-6-9-15(14)12-19-17(18-4-2)20-13-16-10-7-11-21-16/h5-6,8-9,16H,3-4,7,10-13H2,1-2H3,(H2,18,19,20). The Morgan fingerprint density at radius 1 is 1.24 bits per heavy atom. The van der Waals surface area contributed by atoms with E-state index < -0.39 is 0 Å². The maximum atomic E-state index is 5.64. The SMILES string of the molecule is CCNC(=NCc1ccccc1CC)NCC1CCCO1. The van der Waals surface area contributed by atoms with E-state index in [9.17, 15) is 0 Å². The van der Waals surface area contributed by atoms with Gasteiger partial charge in [-0.25, -0.2) is 4.99 Å². The summed E-state index contributed by atoms with van der Waals surface area (Å²) in [6.45, 7) is 7.58. The molecule has 1 atom stereocenters. The second kappa shape index (κ2) is 8.67. The lowest BCUT2D eigenvalue weighted by Crippen LogP contribution is -2.41. The largest absolute Gasteiger partial charge is 0.376 e. The summed E-state index contributed by atoms with van der Waals surface area (Å²) in [4.78, 5) is 4.69. The first-order valence-corrected chi connectivity index (χ1v) is 8.04. The fourth-order valence-electron chi connectivity index (χ4n) is 2.58. The van der Waals surface area contributed by atoms with Crippen molar-refractivity contribution in [3.8, 4) is 0 Å². The molecule has 2 N–H and O–H groups in total. The molecule has 21 heavy (non-hydrogen) atoms. The lowest BCUT2D eigenvalue weighted by atomic mass is 10.1. The van der Waals surface area contributed by atoms with Gasteiger partial charge in [-0.2, -0.15) is 0 Å². The van der Waals surface area contributed by atoms with Crippen LogP contribution in [-0.2, 0) is 17.7 Å². The van der Waals surface area contributed by atoms with Crippen molar-refractivity contribution in [2.24, 2.45) is 4.99 Å². The first-order chi connectivity index (χ1) is 10.3. The van der Waals surface area contributed by atoms with Gasteiger partial charge in [0.05, 0.1) is 12.6 Å². The highest BCUT2D eigenvalue weighted by atomic mass is 16.5. The number of nitrogens with one attached hydrogen (secondary N) is 2. The Hall–Kier alpha value is -1.55. The lowest BCUT2D eigenvalue weighted by Gasteiger charge is -2.15. The highest BCUT2D eigenvalue weighted by Crippen LogP contribution is 2.11. The molecule has 0 aromatic heterocycles. The normalized spacial score (nSPS) is 18.8. The van der Waals surface area contributed by atoms with E-state index in [1.807, 2.05) is 0 Å². The van der Waals surface area contributed by atoms with E-state index in [-0.39, 0.29) is 0 Å². The molecule has 116 valence electrons. The molecule has 1 fully saturated rings. The van der Waals surface area contributed by atoms with Gasteiger partial charge in [0.1, 0.15) is 0 Å². The zero-order valence-corrected chi connectivity index (χ0v) is 13.2. The number of aliphatic imine (C=N–C) groups is 1. The molecule has 0 saturated carbocycles. The van der Waals surface area contributed by atoms with Crippen LogP contribution in [0.4, 0.5) is 0 Å². The molecular weight excluding hydrogens is 262 g/mol. The van der Waals surface area contributed by atoms with Gasteiger partial charge in [-0.1, -0.05) is 31.2 Å². The molecule has 1 saturated heterocycles. The molecular formula is C17H27N3O. The zero-order chi connectivity index (χ0) is 14.9. The molecule has 1 aromatic carbocycles. The van der Waals surface area contributed by atoms with E-state index in [4.69, 9.17) is 9.73 Å². The van der Waals surface area contributed by atoms with Crippen molar-refractivity contribution in [2.75, 3.05) is 19.7 Å². The second-order valence-corrected chi connectivity index (χ2v) is 5.33. The summed E-state index contributed by atoms with van der Waals surface area (Å²) in [6.07, 6.45) is 3.69. The summed E-state index contributed by atoms with van der Waals surface area (Å²) in [5.41, 5.74) is 2.67. The molecule has 1 aromatic rings. The predicted molar refractivity (Wildman–Crippen MR) is 87.6 cm³/mol. The van der Waals surface area contributed by atoms with E-state index in [0.29, 0.717) is 12.6 Å². The summed E-state index contributed by atoms with van der Waals surface area (Å²) in [5.74, 6) is 0.874. The Labute approximate surface area is 128 Å². The van der Waals surface area contributed by atoms with Gasteiger partial charge in [0, 0.05) is 19.7 Å². The third-order valence-electron chi connectivity index (χ3n) is 3.77. The molecule has 0 aliphatic carbocycles. The molecule has 0 radical (unpaired) electrons. The van der Waals surface area contributed by atoms with E-state index in [1.54, 1.807) is 0 Å². The first kappa shape index (κ1) is 15.8. The van der Waals surface area contributed by atoms with Crippen LogP contribution in [0.15, 0.2) is 29.3 Å². The van der Waals surface area contributed by atoms with Crippen LogP contribution in [-0.4, -0.2) is 31.8 Å². The molecule has 1 aliphatic rings. The summed E-state index contributed by atoms with van der Waals surface area (Å²) < 4.78 is 5.64. The summed E-state index contributed by atoms with van der Waals surface area (Å²) in [6, 6.07) is 8.51. The minimum Gasteiger partial charge on any atom is -0.376 e. The number of guanidine groups is 1. The van der Waals surface area contributed by atoms with Crippen LogP contribution in [0.25, 0.3) is 0 Å². The molecule has 0 bridgehead atoms. The van der Waals surface area contributed by atoms with Gasteiger partial charge in [-0.15, -0.1) is 0 Å². The minimum absolute atomic E-state index is 0.330. The van der Waals surface area contributed by atoms with Gasteiger partial charge in [0.2, 0.25) is 0 Å². The molecule has 4 heteroatoms. The first-order valence-electron chi connectivity index (χ1n) is 8.04. The van der Waals surface area contributed by atoms with Crippen LogP contribution in [0.3, 0.4) is 0 Å². The number of ether oxygens (including phenoxy) is 1. The Kier molecular flexibility index (Phi) is 6.54. The number of benzene rings is 1. The van der Waals surface area contributed by atoms with E-state index >= 15 is 0 Å². The van der Waals surface area contributed by atoms with Crippen molar-refractivity contribution in [1.82, 2.24) is 10.6 Å². The molecule has 0 spiro atoms. The maximum absolute atomic E-state index is 5.64. The van der Waals surface area contributed by atoms with Crippen LogP contribution in [0.1, 0.15) is 37.8 Å². The van der Waals surface area contributed by atoms with Crippen LogP contribution < -0.4 is 10.6 Å². The fourth-order valence-corrected chi connectivity index (χ4v) is 2.58. The van der Waals surface area contributed by atoms with Crippen LogP contribution >= 0.6 is 0 Å². The number of nitrogens with zero attached hydrogens (tertiary/aromatic N) is 1. The van der Waals surface area contributed by atoms with E-state index in [0.717, 1.165) is 38.5 Å². The smallest absolute Gasteiger partial charge is 0.191 e. The van der Waals surface area contributed by atoms with Gasteiger partial charge in [-0.05, 0) is 37.3 Å². The highest BCUT2D eigenvalue weighted by molar-refractivity contribution is 5.79. The van der Waals surface area contributed by atoms with Gasteiger partial charge in [0.25, 0.3) is 0 Å². The average Bonchev–Trinajstić information content (AvgIpc) is 3.03. The monoisotopic (exact) mass is 289 g/mol. The average molecular weight is 289 g/mol. The number of aryl methyl sites for hydroxylation is 1. The Morgan fingerprint density at radius 3 is 2.71 bits per heavy atom. The lowest BCUT2D eigenvalue weighted by molar-refractivity contribution is 0.114. The number of hydrogen-bond donors (Lipinski definition) is 2. The third kappa shape index (κ3) is 5.05. The van der Waals surface area contributed by atoms with Crippen LogP contribution in [0.2, 0.25) is 0 Å². The highest BCUT2D eigenvalue weighted by Gasteiger charge is 2.15. The molecule has 2 rings (SSSR count). The quantitative estimate of drug-likeness (QED) is 0.625. The van der Waals surface area contributed by atoms with Crippen molar-refractivity contribution in [2.45, 2.75) is 45.8 Å². The maximum Gasteiger partial charge on any atom is 0.191 e. The molecule has 4 nitrogen and oxygen atoms in total.